The van der Waals surface area contributed by atoms with E-state index in [1.165, 1.54) is 25.8 Å². The number of methoxy groups -OCH3 is 1. The molecule has 0 spiro atoms. The maximum atomic E-state index is 5.23. The molecule has 1 aliphatic rings. The van der Waals surface area contributed by atoms with Crippen molar-refractivity contribution < 1.29 is 4.74 Å². The van der Waals surface area contributed by atoms with Crippen LogP contribution < -0.4 is 0 Å². The molecular formula is C7H15NO. The molecule has 54 valence electrons. The molecule has 1 atom stereocenters. The molecule has 0 N–H and O–H groups in total. The summed E-state index contributed by atoms with van der Waals surface area (Å²) in [5.41, 5.74) is 0. The van der Waals surface area contributed by atoms with Crippen molar-refractivity contribution in [2.45, 2.75) is 25.5 Å². The topological polar surface area (TPSA) is 12.5 Å². The molecule has 1 rings (SSSR count). The molecule has 0 aliphatic carbocycles. The van der Waals surface area contributed by atoms with Gasteiger partial charge in [-0.25, -0.2) is 0 Å². The van der Waals surface area contributed by atoms with Gasteiger partial charge in [-0.05, 0) is 26.3 Å². The minimum absolute atomic E-state index is 0.388. The predicted molar refractivity (Wildman–Crippen MR) is 37.3 cm³/mol. The maximum Gasteiger partial charge on any atom is 0.109 e. The summed E-state index contributed by atoms with van der Waals surface area (Å²) in [5.74, 6) is 0. The van der Waals surface area contributed by atoms with Gasteiger partial charge in [0, 0.05) is 13.7 Å². The van der Waals surface area contributed by atoms with E-state index in [1.807, 2.05) is 0 Å². The first-order valence-corrected chi connectivity index (χ1v) is 3.57. The Morgan fingerprint density at radius 1 is 1.44 bits per heavy atom. The number of likely N-dealkylation sites (tertiary alicyclic amines) is 1. The molecule has 1 aliphatic heterocycles. The number of hydrogen-bond acceptors (Lipinski definition) is 2. The van der Waals surface area contributed by atoms with Crippen molar-refractivity contribution in [1.29, 1.82) is 0 Å². The van der Waals surface area contributed by atoms with Crippen LogP contribution in [0.25, 0.3) is 0 Å². The van der Waals surface area contributed by atoms with Crippen molar-refractivity contribution in [1.82, 2.24) is 4.90 Å². The molecule has 2 nitrogen and oxygen atoms in total. The van der Waals surface area contributed by atoms with Crippen LogP contribution in [0.3, 0.4) is 0 Å². The van der Waals surface area contributed by atoms with Gasteiger partial charge in [0.2, 0.25) is 0 Å². The summed E-state index contributed by atoms with van der Waals surface area (Å²) in [6.45, 7) is 1.19. The zero-order valence-electron chi connectivity index (χ0n) is 6.26. The normalized spacial score (nSPS) is 30.7. The standard InChI is InChI=1S/C7H15NO/c1-8-6-4-3-5-7(8)9-2/h7H,3-6H2,1-2H3/t7-/m1/s1. The van der Waals surface area contributed by atoms with Crippen LogP contribution in [0.2, 0.25) is 0 Å². The summed E-state index contributed by atoms with van der Waals surface area (Å²) in [6, 6.07) is 0. The van der Waals surface area contributed by atoms with Gasteiger partial charge in [-0.2, -0.15) is 0 Å². The lowest BCUT2D eigenvalue weighted by Gasteiger charge is -2.30. The van der Waals surface area contributed by atoms with Crippen molar-refractivity contribution >= 4 is 0 Å². The first-order chi connectivity index (χ1) is 4.34. The second-order valence-electron chi connectivity index (χ2n) is 2.67. The Bertz CT molecular complexity index is 85.0. The average Bonchev–Trinajstić information content (AvgIpc) is 1.89. The van der Waals surface area contributed by atoms with Gasteiger partial charge in [-0.1, -0.05) is 0 Å². The Balaban J connectivity index is 2.30. The molecule has 0 radical (unpaired) electrons. The number of ether oxygens (including phenoxy) is 1. The van der Waals surface area contributed by atoms with E-state index < -0.39 is 0 Å². The summed E-state index contributed by atoms with van der Waals surface area (Å²) in [5, 5.41) is 0. The minimum atomic E-state index is 0.388. The van der Waals surface area contributed by atoms with Gasteiger partial charge in [-0.3, -0.25) is 4.90 Å². The average molecular weight is 129 g/mol. The molecule has 1 fully saturated rings. The molecule has 0 saturated carbocycles. The molecule has 1 saturated heterocycles. The summed E-state index contributed by atoms with van der Waals surface area (Å²) in [6.07, 6.45) is 4.24. The van der Waals surface area contributed by atoms with Crippen LogP contribution in [0.5, 0.6) is 0 Å². The summed E-state index contributed by atoms with van der Waals surface area (Å²) in [7, 11) is 3.90. The van der Waals surface area contributed by atoms with Crippen LogP contribution in [0.15, 0.2) is 0 Å². The van der Waals surface area contributed by atoms with Gasteiger partial charge >= 0.3 is 0 Å². The fourth-order valence-electron chi connectivity index (χ4n) is 1.34. The fraction of sp³-hybridized carbons (Fsp3) is 1.00. The van der Waals surface area contributed by atoms with Crippen LogP contribution in [0.4, 0.5) is 0 Å². The van der Waals surface area contributed by atoms with Crippen LogP contribution in [-0.4, -0.2) is 31.8 Å². The lowest BCUT2D eigenvalue weighted by atomic mass is 10.1. The van der Waals surface area contributed by atoms with E-state index in [2.05, 4.69) is 11.9 Å². The second-order valence-corrected chi connectivity index (χ2v) is 2.67. The number of piperidine rings is 1. The van der Waals surface area contributed by atoms with Crippen LogP contribution in [0, 0.1) is 0 Å². The Morgan fingerprint density at radius 2 is 2.22 bits per heavy atom. The highest BCUT2D eigenvalue weighted by molar-refractivity contribution is 4.64. The van der Waals surface area contributed by atoms with E-state index in [0.717, 1.165) is 0 Å². The van der Waals surface area contributed by atoms with Gasteiger partial charge in [0.15, 0.2) is 0 Å². The van der Waals surface area contributed by atoms with Gasteiger partial charge < -0.3 is 4.74 Å². The third kappa shape index (κ3) is 1.66. The van der Waals surface area contributed by atoms with E-state index >= 15 is 0 Å². The van der Waals surface area contributed by atoms with Crippen molar-refractivity contribution in [3.05, 3.63) is 0 Å². The molecule has 2 heteroatoms. The monoisotopic (exact) mass is 129 g/mol. The van der Waals surface area contributed by atoms with Gasteiger partial charge in [0.25, 0.3) is 0 Å². The molecular weight excluding hydrogens is 114 g/mol. The van der Waals surface area contributed by atoms with Gasteiger partial charge in [0.05, 0.1) is 0 Å². The Kier molecular flexibility index (Phi) is 2.49. The SMILES string of the molecule is CO[C@@H]1CCCCN1C. The quantitative estimate of drug-likeness (QED) is 0.525. The van der Waals surface area contributed by atoms with Crippen LogP contribution in [-0.2, 0) is 4.74 Å². The first-order valence-electron chi connectivity index (χ1n) is 3.57. The summed E-state index contributed by atoms with van der Waals surface area (Å²) in [4.78, 5) is 2.27. The first kappa shape index (κ1) is 7.03. The lowest BCUT2D eigenvalue weighted by molar-refractivity contribution is -0.0406. The van der Waals surface area contributed by atoms with Gasteiger partial charge in [-0.15, -0.1) is 0 Å². The van der Waals surface area contributed by atoms with Crippen molar-refractivity contribution in [2.24, 2.45) is 0 Å². The molecule has 0 aromatic rings. The molecule has 0 aromatic carbocycles. The number of hydrogen-bond donors (Lipinski definition) is 0. The van der Waals surface area contributed by atoms with E-state index in [1.54, 1.807) is 7.11 Å². The minimum Gasteiger partial charge on any atom is -0.366 e. The van der Waals surface area contributed by atoms with E-state index in [4.69, 9.17) is 4.74 Å². The lowest BCUT2D eigenvalue weighted by Crippen LogP contribution is -2.37. The Hall–Kier alpha value is -0.0800. The fourth-order valence-corrected chi connectivity index (χ4v) is 1.34. The van der Waals surface area contributed by atoms with Crippen LogP contribution in [0.1, 0.15) is 19.3 Å². The summed E-state index contributed by atoms with van der Waals surface area (Å²) >= 11 is 0. The van der Waals surface area contributed by atoms with Crippen LogP contribution >= 0.6 is 0 Å². The molecule has 0 aromatic heterocycles. The molecule has 0 amide bonds. The zero-order valence-corrected chi connectivity index (χ0v) is 6.26. The van der Waals surface area contributed by atoms with Crippen molar-refractivity contribution in [3.8, 4) is 0 Å². The highest BCUT2D eigenvalue weighted by Gasteiger charge is 2.16. The van der Waals surface area contributed by atoms with E-state index in [0.29, 0.717) is 6.23 Å². The number of nitrogens with zero attached hydrogens (tertiary/aromatic N) is 1. The highest BCUT2D eigenvalue weighted by Crippen LogP contribution is 2.14. The smallest absolute Gasteiger partial charge is 0.109 e. The number of rotatable bonds is 1. The second kappa shape index (κ2) is 3.18. The zero-order chi connectivity index (χ0) is 6.69. The third-order valence-electron chi connectivity index (χ3n) is 1.98. The Labute approximate surface area is 56.8 Å². The molecule has 1 heterocycles. The predicted octanol–water partition coefficient (Wildman–Crippen LogP) is 1.07. The van der Waals surface area contributed by atoms with Crippen molar-refractivity contribution in [2.75, 3.05) is 20.7 Å². The third-order valence-corrected chi connectivity index (χ3v) is 1.98. The van der Waals surface area contributed by atoms with Gasteiger partial charge in [0.1, 0.15) is 6.23 Å². The van der Waals surface area contributed by atoms with E-state index in [9.17, 15) is 0 Å². The maximum absolute atomic E-state index is 5.23. The largest absolute Gasteiger partial charge is 0.366 e. The molecule has 0 bridgehead atoms. The Morgan fingerprint density at radius 3 is 2.67 bits per heavy atom. The molecule has 0 unspecified atom stereocenters. The van der Waals surface area contributed by atoms with E-state index in [-0.39, 0.29) is 0 Å². The summed E-state index contributed by atoms with van der Waals surface area (Å²) < 4.78 is 5.23. The van der Waals surface area contributed by atoms with Crippen molar-refractivity contribution in [3.63, 3.8) is 0 Å². The highest BCUT2D eigenvalue weighted by atomic mass is 16.5. The molecule has 9 heavy (non-hydrogen) atoms.